The highest BCUT2D eigenvalue weighted by molar-refractivity contribution is 6.37. The van der Waals surface area contributed by atoms with Crippen molar-refractivity contribution in [2.75, 3.05) is 0 Å². The zero-order chi connectivity index (χ0) is 19.2. The molecular weight excluding hydrogens is 379 g/mol. The standard InChI is InChI=1S/C22H18Cl2N2O/c1-2-21(19-13-12-18(23)14-20(19)24)25-26-22(27)17-10-8-16(9-11-17)15-6-4-3-5-7-15/h3-14H,2H2,1H3,(H,26,27). The van der Waals surface area contributed by atoms with Crippen molar-refractivity contribution in [1.82, 2.24) is 5.43 Å². The van der Waals surface area contributed by atoms with Gasteiger partial charge in [0.1, 0.15) is 0 Å². The van der Waals surface area contributed by atoms with E-state index in [1.54, 1.807) is 30.3 Å². The number of hydrogen-bond donors (Lipinski definition) is 1. The third-order valence-corrected chi connectivity index (χ3v) is 4.67. The third kappa shape index (κ3) is 4.76. The first-order valence-corrected chi connectivity index (χ1v) is 9.32. The number of carbonyl (C=O) groups excluding carboxylic acids is 1. The van der Waals surface area contributed by atoms with Gasteiger partial charge in [-0.15, -0.1) is 0 Å². The Morgan fingerprint density at radius 2 is 1.59 bits per heavy atom. The second-order valence-electron chi connectivity index (χ2n) is 5.92. The van der Waals surface area contributed by atoms with Gasteiger partial charge in [-0.05, 0) is 41.8 Å². The van der Waals surface area contributed by atoms with Gasteiger partial charge in [-0.1, -0.05) is 78.7 Å². The summed E-state index contributed by atoms with van der Waals surface area (Å²) in [5, 5.41) is 5.31. The number of carbonyl (C=O) groups is 1. The molecule has 0 bridgehead atoms. The molecular formula is C22H18Cl2N2O. The van der Waals surface area contributed by atoms with E-state index in [9.17, 15) is 4.79 Å². The van der Waals surface area contributed by atoms with E-state index in [4.69, 9.17) is 23.2 Å². The first kappa shape index (κ1) is 19.2. The fourth-order valence-corrected chi connectivity index (χ4v) is 3.20. The molecule has 0 unspecified atom stereocenters. The maximum absolute atomic E-state index is 12.4. The summed E-state index contributed by atoms with van der Waals surface area (Å²) in [5.74, 6) is -0.273. The quantitative estimate of drug-likeness (QED) is 0.404. The van der Waals surface area contributed by atoms with Crippen LogP contribution in [0.3, 0.4) is 0 Å². The molecule has 3 aromatic rings. The van der Waals surface area contributed by atoms with Crippen LogP contribution in [0.5, 0.6) is 0 Å². The first-order valence-electron chi connectivity index (χ1n) is 8.56. The highest BCUT2D eigenvalue weighted by Gasteiger charge is 2.10. The lowest BCUT2D eigenvalue weighted by atomic mass is 10.0. The van der Waals surface area contributed by atoms with Crippen molar-refractivity contribution in [1.29, 1.82) is 0 Å². The first-order chi connectivity index (χ1) is 13.1. The van der Waals surface area contributed by atoms with E-state index < -0.39 is 0 Å². The molecule has 136 valence electrons. The zero-order valence-electron chi connectivity index (χ0n) is 14.7. The molecule has 0 atom stereocenters. The van der Waals surface area contributed by atoms with Crippen LogP contribution in [-0.4, -0.2) is 11.6 Å². The molecule has 0 aliphatic carbocycles. The molecule has 27 heavy (non-hydrogen) atoms. The van der Waals surface area contributed by atoms with Gasteiger partial charge >= 0.3 is 0 Å². The Labute approximate surface area is 168 Å². The number of rotatable bonds is 5. The Balaban J connectivity index is 1.75. The summed E-state index contributed by atoms with van der Waals surface area (Å²) in [6.07, 6.45) is 0.620. The molecule has 3 aromatic carbocycles. The molecule has 0 spiro atoms. The SMILES string of the molecule is CCC(=NNC(=O)c1ccc(-c2ccccc2)cc1)c1ccc(Cl)cc1Cl. The molecule has 0 aromatic heterocycles. The van der Waals surface area contributed by atoms with Crippen LogP contribution in [-0.2, 0) is 0 Å². The predicted molar refractivity (Wildman–Crippen MR) is 113 cm³/mol. The van der Waals surface area contributed by atoms with E-state index >= 15 is 0 Å². The number of amides is 1. The zero-order valence-corrected chi connectivity index (χ0v) is 16.3. The molecule has 0 aliphatic heterocycles. The van der Waals surface area contributed by atoms with Crippen LogP contribution in [0.4, 0.5) is 0 Å². The van der Waals surface area contributed by atoms with Crippen LogP contribution in [0.2, 0.25) is 10.0 Å². The molecule has 1 amide bonds. The smallest absolute Gasteiger partial charge is 0.267 e. The Morgan fingerprint density at radius 1 is 0.926 bits per heavy atom. The Hall–Kier alpha value is -2.62. The van der Waals surface area contributed by atoms with Gasteiger partial charge in [0, 0.05) is 16.1 Å². The molecule has 0 saturated carbocycles. The van der Waals surface area contributed by atoms with Gasteiger partial charge in [0.15, 0.2) is 0 Å². The number of nitrogens with one attached hydrogen (secondary N) is 1. The van der Waals surface area contributed by atoms with E-state index in [0.717, 1.165) is 16.7 Å². The number of nitrogens with zero attached hydrogens (tertiary/aromatic N) is 1. The lowest BCUT2D eigenvalue weighted by Gasteiger charge is -2.08. The highest BCUT2D eigenvalue weighted by Crippen LogP contribution is 2.23. The van der Waals surface area contributed by atoms with E-state index in [-0.39, 0.29) is 5.91 Å². The third-order valence-electron chi connectivity index (χ3n) is 4.12. The number of benzene rings is 3. The normalized spacial score (nSPS) is 11.3. The fraction of sp³-hybridized carbons (Fsp3) is 0.0909. The minimum absolute atomic E-state index is 0.273. The van der Waals surface area contributed by atoms with E-state index in [1.807, 2.05) is 49.4 Å². The second kappa shape index (κ2) is 8.85. The van der Waals surface area contributed by atoms with Gasteiger partial charge in [0.25, 0.3) is 5.91 Å². The Morgan fingerprint density at radius 3 is 2.22 bits per heavy atom. The summed E-state index contributed by atoms with van der Waals surface area (Å²) >= 11 is 12.2. The highest BCUT2D eigenvalue weighted by atomic mass is 35.5. The maximum Gasteiger partial charge on any atom is 0.271 e. The van der Waals surface area contributed by atoms with Crippen molar-refractivity contribution < 1.29 is 4.79 Å². The Kier molecular flexibility index (Phi) is 6.28. The largest absolute Gasteiger partial charge is 0.271 e. The lowest BCUT2D eigenvalue weighted by molar-refractivity contribution is 0.0955. The van der Waals surface area contributed by atoms with Gasteiger partial charge in [-0.25, -0.2) is 5.43 Å². The molecule has 5 heteroatoms. The molecule has 0 fully saturated rings. The minimum Gasteiger partial charge on any atom is -0.267 e. The van der Waals surface area contributed by atoms with Crippen LogP contribution in [0.25, 0.3) is 11.1 Å². The summed E-state index contributed by atoms with van der Waals surface area (Å²) in [7, 11) is 0. The van der Waals surface area contributed by atoms with Crippen molar-refractivity contribution in [2.45, 2.75) is 13.3 Å². The van der Waals surface area contributed by atoms with Crippen LogP contribution < -0.4 is 5.43 Å². The summed E-state index contributed by atoms with van der Waals surface area (Å²) in [6.45, 7) is 1.95. The molecule has 1 N–H and O–H groups in total. The fourth-order valence-electron chi connectivity index (χ4n) is 2.68. The van der Waals surface area contributed by atoms with E-state index in [0.29, 0.717) is 27.7 Å². The minimum atomic E-state index is -0.273. The number of hydrazone groups is 1. The maximum atomic E-state index is 12.4. The van der Waals surface area contributed by atoms with Crippen molar-refractivity contribution in [3.05, 3.63) is 94.0 Å². The van der Waals surface area contributed by atoms with Gasteiger partial charge in [0.05, 0.1) is 10.7 Å². The summed E-state index contributed by atoms with van der Waals surface area (Å²) < 4.78 is 0. The van der Waals surface area contributed by atoms with Crippen molar-refractivity contribution in [3.8, 4) is 11.1 Å². The van der Waals surface area contributed by atoms with E-state index in [2.05, 4.69) is 10.5 Å². The molecule has 0 aliphatic rings. The van der Waals surface area contributed by atoms with Crippen molar-refractivity contribution in [3.63, 3.8) is 0 Å². The average molecular weight is 397 g/mol. The second-order valence-corrected chi connectivity index (χ2v) is 6.76. The van der Waals surface area contributed by atoms with Crippen LogP contribution >= 0.6 is 23.2 Å². The molecule has 0 radical (unpaired) electrons. The van der Waals surface area contributed by atoms with Gasteiger partial charge in [0.2, 0.25) is 0 Å². The summed E-state index contributed by atoms with van der Waals surface area (Å²) in [4.78, 5) is 12.4. The van der Waals surface area contributed by atoms with E-state index in [1.165, 1.54) is 0 Å². The average Bonchev–Trinajstić information content (AvgIpc) is 2.70. The molecule has 3 rings (SSSR count). The number of hydrogen-bond acceptors (Lipinski definition) is 2. The van der Waals surface area contributed by atoms with Gasteiger partial charge in [-0.2, -0.15) is 5.10 Å². The summed E-state index contributed by atoms with van der Waals surface area (Å²) in [5.41, 5.74) is 6.74. The molecule has 3 nitrogen and oxygen atoms in total. The van der Waals surface area contributed by atoms with Crippen LogP contribution in [0.15, 0.2) is 77.9 Å². The van der Waals surface area contributed by atoms with Gasteiger partial charge in [-0.3, -0.25) is 4.79 Å². The van der Waals surface area contributed by atoms with Crippen molar-refractivity contribution in [2.24, 2.45) is 5.10 Å². The van der Waals surface area contributed by atoms with Crippen LogP contribution in [0.1, 0.15) is 29.3 Å². The lowest BCUT2D eigenvalue weighted by Crippen LogP contribution is -2.20. The van der Waals surface area contributed by atoms with Crippen LogP contribution in [0, 0.1) is 0 Å². The number of halogens is 2. The van der Waals surface area contributed by atoms with Gasteiger partial charge < -0.3 is 0 Å². The van der Waals surface area contributed by atoms with Crippen molar-refractivity contribution >= 4 is 34.8 Å². The Bertz CT molecular complexity index is 967. The topological polar surface area (TPSA) is 41.5 Å². The molecule has 0 saturated heterocycles. The molecule has 0 heterocycles. The monoisotopic (exact) mass is 396 g/mol. The predicted octanol–water partition coefficient (Wildman–Crippen LogP) is 6.20. The summed E-state index contributed by atoms with van der Waals surface area (Å²) in [6, 6.07) is 22.6.